The van der Waals surface area contributed by atoms with Crippen molar-refractivity contribution >= 4 is 9.84 Å². The Kier molecular flexibility index (Phi) is 3.52. The van der Waals surface area contributed by atoms with Gasteiger partial charge in [-0.1, -0.05) is 24.3 Å². The van der Waals surface area contributed by atoms with Crippen molar-refractivity contribution in [3.8, 4) is 0 Å². The first-order valence-corrected chi connectivity index (χ1v) is 8.72. The van der Waals surface area contributed by atoms with Crippen LogP contribution in [0, 0.1) is 0 Å². The maximum Gasteiger partial charge on any atom is 0.168 e. The number of aromatic nitrogens is 4. The molecule has 0 saturated heterocycles. The van der Waals surface area contributed by atoms with Gasteiger partial charge in [0.25, 0.3) is 0 Å². The van der Waals surface area contributed by atoms with Crippen molar-refractivity contribution in [3.05, 3.63) is 41.2 Å². The molecule has 1 aromatic heterocycles. The van der Waals surface area contributed by atoms with Gasteiger partial charge >= 0.3 is 0 Å². The van der Waals surface area contributed by atoms with Gasteiger partial charge in [-0.15, -0.1) is 5.10 Å². The van der Waals surface area contributed by atoms with E-state index in [0.29, 0.717) is 11.7 Å². The predicted molar refractivity (Wildman–Crippen MR) is 78.3 cm³/mol. The summed E-state index contributed by atoms with van der Waals surface area (Å²) < 4.78 is 26.7. The molecule has 1 saturated carbocycles. The van der Waals surface area contributed by atoms with Crippen molar-refractivity contribution in [1.29, 1.82) is 0 Å². The van der Waals surface area contributed by atoms with E-state index in [2.05, 4.69) is 15.5 Å². The lowest BCUT2D eigenvalue weighted by Gasteiger charge is -2.13. The highest BCUT2D eigenvalue weighted by molar-refractivity contribution is 7.90. The lowest BCUT2D eigenvalue weighted by molar-refractivity contribution is 0.575. The van der Waals surface area contributed by atoms with Crippen LogP contribution in [0.5, 0.6) is 0 Å². The van der Waals surface area contributed by atoms with E-state index in [1.807, 2.05) is 24.3 Å². The molecule has 2 aromatic rings. The van der Waals surface area contributed by atoms with Gasteiger partial charge < -0.3 is 0 Å². The van der Waals surface area contributed by atoms with Crippen molar-refractivity contribution < 1.29 is 8.42 Å². The number of hydrogen-bond acceptors (Lipinski definition) is 5. The Morgan fingerprint density at radius 2 is 2.05 bits per heavy atom. The molecule has 1 aromatic carbocycles. The van der Waals surface area contributed by atoms with Crippen molar-refractivity contribution in [2.75, 3.05) is 0 Å². The van der Waals surface area contributed by atoms with Crippen LogP contribution >= 0.6 is 0 Å². The quantitative estimate of drug-likeness (QED) is 0.841. The summed E-state index contributed by atoms with van der Waals surface area (Å²) in [4.78, 5) is 0. The lowest BCUT2D eigenvalue weighted by Crippen LogP contribution is -2.17. The Bertz CT molecular complexity index is 750. The zero-order chi connectivity index (χ0) is 15.0. The molecule has 6 nitrogen and oxygen atoms in total. The number of rotatable bonds is 5. The minimum Gasteiger partial charge on any atom is -0.231 e. The summed E-state index contributed by atoms with van der Waals surface area (Å²) in [5.41, 5.74) is 2.08. The summed E-state index contributed by atoms with van der Waals surface area (Å²) in [6, 6.07) is 7.81. The summed E-state index contributed by atoms with van der Waals surface area (Å²) in [6.45, 7) is 1.64. The predicted octanol–water partition coefficient (Wildman–Crippen LogP) is 1.76. The highest BCUT2D eigenvalue weighted by Crippen LogP contribution is 2.42. The van der Waals surface area contributed by atoms with Crippen LogP contribution in [0.3, 0.4) is 0 Å². The number of nitrogens with zero attached hydrogens (tertiary/aromatic N) is 4. The van der Waals surface area contributed by atoms with Gasteiger partial charge in [0.2, 0.25) is 0 Å². The first-order valence-electron chi connectivity index (χ1n) is 7.00. The van der Waals surface area contributed by atoms with Crippen molar-refractivity contribution in [3.63, 3.8) is 0 Å². The molecule has 1 aliphatic carbocycles. The van der Waals surface area contributed by atoms with Crippen LogP contribution in [0.1, 0.15) is 47.9 Å². The number of aryl methyl sites for hydroxylation is 1. The molecule has 7 heteroatoms. The smallest absolute Gasteiger partial charge is 0.168 e. The van der Waals surface area contributed by atoms with Crippen LogP contribution < -0.4 is 0 Å². The molecule has 1 atom stereocenters. The molecule has 3 rings (SSSR count). The first kappa shape index (κ1) is 14.2. The third kappa shape index (κ3) is 2.83. The minimum atomic E-state index is -3.35. The van der Waals surface area contributed by atoms with Gasteiger partial charge in [0.15, 0.2) is 15.7 Å². The van der Waals surface area contributed by atoms with Crippen molar-refractivity contribution in [2.45, 2.75) is 36.7 Å². The van der Waals surface area contributed by atoms with E-state index in [9.17, 15) is 8.42 Å². The molecule has 21 heavy (non-hydrogen) atoms. The average Bonchev–Trinajstić information content (AvgIpc) is 3.20. The Morgan fingerprint density at radius 3 is 2.67 bits per heavy atom. The van der Waals surface area contributed by atoms with E-state index in [-0.39, 0.29) is 5.75 Å². The van der Waals surface area contributed by atoms with Gasteiger partial charge in [-0.25, -0.2) is 13.1 Å². The molecule has 0 radical (unpaired) electrons. The average molecular weight is 306 g/mol. The fraction of sp³-hybridized carbons (Fsp3) is 0.500. The second kappa shape index (κ2) is 5.22. The van der Waals surface area contributed by atoms with Crippen LogP contribution in [-0.4, -0.2) is 28.6 Å². The topological polar surface area (TPSA) is 77.7 Å². The molecule has 0 amide bonds. The largest absolute Gasteiger partial charge is 0.231 e. The Morgan fingerprint density at radius 1 is 1.33 bits per heavy atom. The standard InChI is InChI=1S/C14H18N4O2S/c1-10(14-15-16-17-18(14)2)21(19,20)9-12-5-3-4-6-13(12)11-7-8-11/h3-6,10-11H,7-9H2,1-2H3. The van der Waals surface area contributed by atoms with Gasteiger partial charge in [-0.2, -0.15) is 0 Å². The maximum absolute atomic E-state index is 12.6. The summed E-state index contributed by atoms with van der Waals surface area (Å²) >= 11 is 0. The third-order valence-corrected chi connectivity index (χ3v) is 5.99. The van der Waals surface area contributed by atoms with Gasteiger partial charge in [0.05, 0.1) is 5.75 Å². The van der Waals surface area contributed by atoms with E-state index in [1.165, 1.54) is 10.2 Å². The SMILES string of the molecule is CC(c1nnnn1C)S(=O)(=O)Cc1ccccc1C1CC1. The zero-order valence-corrected chi connectivity index (χ0v) is 12.9. The maximum atomic E-state index is 12.6. The normalized spacial score (nSPS) is 16.9. The molecular weight excluding hydrogens is 288 g/mol. The first-order chi connectivity index (χ1) is 9.99. The number of sulfone groups is 1. The van der Waals surface area contributed by atoms with E-state index in [0.717, 1.165) is 18.4 Å². The van der Waals surface area contributed by atoms with E-state index < -0.39 is 15.1 Å². The summed E-state index contributed by atoms with van der Waals surface area (Å²) in [5.74, 6) is 0.940. The van der Waals surface area contributed by atoms with E-state index in [1.54, 1.807) is 14.0 Å². The molecule has 0 N–H and O–H groups in total. The summed E-state index contributed by atoms with van der Waals surface area (Å²) in [6.07, 6.45) is 2.31. The van der Waals surface area contributed by atoms with Crippen LogP contribution in [0.25, 0.3) is 0 Å². The van der Waals surface area contributed by atoms with E-state index >= 15 is 0 Å². The molecule has 1 fully saturated rings. The van der Waals surface area contributed by atoms with Crippen molar-refractivity contribution in [1.82, 2.24) is 20.2 Å². The zero-order valence-electron chi connectivity index (χ0n) is 12.1. The number of benzene rings is 1. The third-order valence-electron chi connectivity index (χ3n) is 3.98. The lowest BCUT2D eigenvalue weighted by atomic mass is 10.1. The molecule has 0 bridgehead atoms. The van der Waals surface area contributed by atoms with Crippen molar-refractivity contribution in [2.24, 2.45) is 7.05 Å². The molecule has 0 spiro atoms. The molecule has 1 heterocycles. The minimum absolute atomic E-state index is 0.0354. The summed E-state index contributed by atoms with van der Waals surface area (Å²) in [7, 11) is -1.70. The fourth-order valence-corrected chi connectivity index (χ4v) is 4.01. The van der Waals surface area contributed by atoms with E-state index in [4.69, 9.17) is 0 Å². The molecule has 0 aliphatic heterocycles. The van der Waals surface area contributed by atoms with Crippen LogP contribution in [0.15, 0.2) is 24.3 Å². The summed E-state index contributed by atoms with van der Waals surface area (Å²) in [5, 5.41) is 10.3. The van der Waals surface area contributed by atoms with Crippen LogP contribution in [0.2, 0.25) is 0 Å². The highest BCUT2D eigenvalue weighted by atomic mass is 32.2. The van der Waals surface area contributed by atoms with Gasteiger partial charge in [0, 0.05) is 7.05 Å². The fourth-order valence-electron chi connectivity index (χ4n) is 2.54. The molecule has 112 valence electrons. The van der Waals surface area contributed by atoms with Gasteiger partial charge in [0.1, 0.15) is 5.25 Å². The van der Waals surface area contributed by atoms with Crippen LogP contribution in [-0.2, 0) is 22.6 Å². The second-order valence-electron chi connectivity index (χ2n) is 5.58. The Hall–Kier alpha value is -1.76. The second-order valence-corrected chi connectivity index (χ2v) is 7.90. The highest BCUT2D eigenvalue weighted by Gasteiger charge is 2.31. The Balaban J connectivity index is 1.88. The molecular formula is C14H18N4O2S. The number of hydrogen-bond donors (Lipinski definition) is 0. The number of tetrazole rings is 1. The molecule has 1 aliphatic rings. The Labute approximate surface area is 124 Å². The van der Waals surface area contributed by atoms with Crippen LogP contribution in [0.4, 0.5) is 0 Å². The monoisotopic (exact) mass is 306 g/mol. The van der Waals surface area contributed by atoms with Gasteiger partial charge in [-0.3, -0.25) is 0 Å². The van der Waals surface area contributed by atoms with Gasteiger partial charge in [-0.05, 0) is 47.2 Å². The molecule has 1 unspecified atom stereocenters.